The first-order valence-corrected chi connectivity index (χ1v) is 10.8. The maximum Gasteiger partial charge on any atom is 0.416 e. The molecule has 0 aliphatic rings. The standard InChI is InChI=1S/C24H24F3N7O/c1-14-5-6-17(9-22(14)34-13-21(31-32-34)20-12-29-33(4)15(20)2)23(35)30-19-8-16(11-28-3)7-18(10-19)24(25,26)27/h5-10,12-13,28H,11H2,1-4H3,(H,30,35). The molecule has 8 nitrogen and oxygen atoms in total. The van der Waals surface area contributed by atoms with Gasteiger partial charge in [0, 0.05) is 36.1 Å². The van der Waals surface area contributed by atoms with Gasteiger partial charge in [-0.15, -0.1) is 5.10 Å². The number of nitrogens with one attached hydrogen (secondary N) is 2. The molecule has 0 unspecified atom stereocenters. The molecular formula is C24H24F3N7O. The third kappa shape index (κ3) is 5.09. The van der Waals surface area contributed by atoms with Gasteiger partial charge in [-0.25, -0.2) is 4.68 Å². The molecule has 0 aliphatic carbocycles. The highest BCUT2D eigenvalue weighted by atomic mass is 19.4. The van der Waals surface area contributed by atoms with Crippen molar-refractivity contribution in [2.45, 2.75) is 26.6 Å². The van der Waals surface area contributed by atoms with Crippen molar-refractivity contribution in [1.29, 1.82) is 0 Å². The largest absolute Gasteiger partial charge is 0.416 e. The number of carbonyl (C=O) groups is 1. The maximum atomic E-state index is 13.3. The highest BCUT2D eigenvalue weighted by molar-refractivity contribution is 6.04. The summed E-state index contributed by atoms with van der Waals surface area (Å²) in [6.07, 6.45) is -1.08. The maximum absolute atomic E-state index is 13.3. The van der Waals surface area contributed by atoms with Gasteiger partial charge in [0.15, 0.2) is 0 Å². The number of carbonyl (C=O) groups excluding carboxylic acids is 1. The summed E-state index contributed by atoms with van der Waals surface area (Å²) < 4.78 is 43.3. The van der Waals surface area contributed by atoms with Crippen molar-refractivity contribution in [1.82, 2.24) is 30.1 Å². The fourth-order valence-electron chi connectivity index (χ4n) is 3.69. The molecule has 0 bridgehead atoms. The second kappa shape index (κ2) is 9.34. The molecule has 4 rings (SSSR count). The number of halogens is 3. The van der Waals surface area contributed by atoms with E-state index in [0.29, 0.717) is 16.9 Å². The fourth-order valence-corrected chi connectivity index (χ4v) is 3.69. The van der Waals surface area contributed by atoms with Gasteiger partial charge in [0.2, 0.25) is 0 Å². The molecule has 0 saturated carbocycles. The molecular weight excluding hydrogens is 459 g/mol. The Morgan fingerprint density at radius 2 is 1.89 bits per heavy atom. The molecule has 35 heavy (non-hydrogen) atoms. The second-order valence-corrected chi connectivity index (χ2v) is 8.22. The van der Waals surface area contributed by atoms with Crippen LogP contribution in [-0.4, -0.2) is 37.7 Å². The average Bonchev–Trinajstić information content (AvgIpc) is 3.40. The molecule has 0 radical (unpaired) electrons. The number of aromatic nitrogens is 5. The molecule has 2 heterocycles. The zero-order chi connectivity index (χ0) is 25.3. The Kier molecular flexibility index (Phi) is 6.44. The van der Waals surface area contributed by atoms with E-state index in [2.05, 4.69) is 26.0 Å². The Hall–Kier alpha value is -3.99. The van der Waals surface area contributed by atoms with Crippen LogP contribution in [0.5, 0.6) is 0 Å². The van der Waals surface area contributed by atoms with Gasteiger partial charge in [0.25, 0.3) is 5.91 Å². The van der Waals surface area contributed by atoms with Crippen LogP contribution in [-0.2, 0) is 19.8 Å². The lowest BCUT2D eigenvalue weighted by Gasteiger charge is -2.14. The molecule has 0 fully saturated rings. The Morgan fingerprint density at radius 1 is 1.11 bits per heavy atom. The number of nitrogens with zero attached hydrogens (tertiary/aromatic N) is 5. The van der Waals surface area contributed by atoms with Crippen LogP contribution in [0.25, 0.3) is 16.9 Å². The molecule has 0 aliphatic heterocycles. The zero-order valence-corrected chi connectivity index (χ0v) is 19.6. The smallest absolute Gasteiger partial charge is 0.322 e. The van der Waals surface area contributed by atoms with E-state index in [9.17, 15) is 18.0 Å². The highest BCUT2D eigenvalue weighted by Gasteiger charge is 2.31. The van der Waals surface area contributed by atoms with E-state index in [1.54, 1.807) is 47.0 Å². The first kappa shape index (κ1) is 24.1. The van der Waals surface area contributed by atoms with Crippen LogP contribution in [0.4, 0.5) is 18.9 Å². The van der Waals surface area contributed by atoms with Crippen LogP contribution >= 0.6 is 0 Å². The lowest BCUT2D eigenvalue weighted by atomic mass is 10.1. The Balaban J connectivity index is 1.63. The van der Waals surface area contributed by atoms with E-state index in [1.165, 1.54) is 6.07 Å². The predicted octanol–water partition coefficient (Wildman–Crippen LogP) is 4.28. The van der Waals surface area contributed by atoms with Crippen LogP contribution in [0.2, 0.25) is 0 Å². The van der Waals surface area contributed by atoms with Crippen LogP contribution < -0.4 is 10.6 Å². The quantitative estimate of drug-likeness (QED) is 0.428. The van der Waals surface area contributed by atoms with E-state index in [0.717, 1.165) is 29.0 Å². The van der Waals surface area contributed by atoms with Crippen molar-refractivity contribution < 1.29 is 18.0 Å². The Bertz CT molecular complexity index is 1390. The Morgan fingerprint density at radius 3 is 2.54 bits per heavy atom. The number of alkyl halides is 3. The van der Waals surface area contributed by atoms with Crippen molar-refractivity contribution in [2.75, 3.05) is 12.4 Å². The van der Waals surface area contributed by atoms with Gasteiger partial charge in [-0.1, -0.05) is 11.3 Å². The van der Waals surface area contributed by atoms with E-state index >= 15 is 0 Å². The lowest BCUT2D eigenvalue weighted by Crippen LogP contribution is -2.15. The van der Waals surface area contributed by atoms with E-state index in [-0.39, 0.29) is 17.8 Å². The molecule has 2 N–H and O–H groups in total. The lowest BCUT2D eigenvalue weighted by molar-refractivity contribution is -0.137. The van der Waals surface area contributed by atoms with Crippen LogP contribution in [0, 0.1) is 13.8 Å². The van der Waals surface area contributed by atoms with Gasteiger partial charge in [0.1, 0.15) is 5.69 Å². The van der Waals surface area contributed by atoms with Gasteiger partial charge in [-0.05, 0) is 62.4 Å². The van der Waals surface area contributed by atoms with E-state index in [1.807, 2.05) is 20.9 Å². The van der Waals surface area contributed by atoms with Crippen molar-refractivity contribution in [3.8, 4) is 16.9 Å². The van der Waals surface area contributed by atoms with Crippen LogP contribution in [0.15, 0.2) is 48.8 Å². The molecule has 0 saturated heterocycles. The number of rotatable bonds is 6. The van der Waals surface area contributed by atoms with Gasteiger partial charge in [-0.2, -0.15) is 18.3 Å². The minimum absolute atomic E-state index is 0.0623. The highest BCUT2D eigenvalue weighted by Crippen LogP contribution is 2.32. The number of aryl methyl sites for hydroxylation is 2. The van der Waals surface area contributed by atoms with Crippen molar-refractivity contribution >= 4 is 11.6 Å². The van der Waals surface area contributed by atoms with Crippen molar-refractivity contribution in [3.63, 3.8) is 0 Å². The number of hydrogen-bond donors (Lipinski definition) is 2. The van der Waals surface area contributed by atoms with Crippen molar-refractivity contribution in [2.24, 2.45) is 7.05 Å². The minimum Gasteiger partial charge on any atom is -0.322 e. The minimum atomic E-state index is -4.53. The van der Waals surface area contributed by atoms with Gasteiger partial charge >= 0.3 is 6.18 Å². The van der Waals surface area contributed by atoms with Crippen LogP contribution in [0.1, 0.15) is 32.7 Å². The normalized spacial score (nSPS) is 11.6. The SMILES string of the molecule is CNCc1cc(NC(=O)c2ccc(C)c(-n3cc(-c4cnn(C)c4C)nn3)c2)cc(C(F)(F)F)c1. The number of hydrogen-bond acceptors (Lipinski definition) is 5. The second-order valence-electron chi connectivity index (χ2n) is 8.22. The van der Waals surface area contributed by atoms with E-state index < -0.39 is 17.6 Å². The average molecular weight is 483 g/mol. The first-order chi connectivity index (χ1) is 16.6. The molecule has 0 spiro atoms. The zero-order valence-electron chi connectivity index (χ0n) is 19.6. The Labute approximate surface area is 199 Å². The summed E-state index contributed by atoms with van der Waals surface area (Å²) in [6.45, 7) is 4.02. The number of anilines is 1. The van der Waals surface area contributed by atoms with Gasteiger partial charge in [0.05, 0.1) is 23.6 Å². The summed E-state index contributed by atoms with van der Waals surface area (Å²) in [6, 6.07) is 8.48. The molecule has 182 valence electrons. The third-order valence-corrected chi connectivity index (χ3v) is 5.68. The molecule has 2 aromatic heterocycles. The van der Waals surface area contributed by atoms with Crippen molar-refractivity contribution in [3.05, 3.63) is 76.7 Å². The molecule has 4 aromatic rings. The predicted molar refractivity (Wildman–Crippen MR) is 125 cm³/mol. The molecule has 1 amide bonds. The first-order valence-electron chi connectivity index (χ1n) is 10.8. The van der Waals surface area contributed by atoms with Gasteiger partial charge < -0.3 is 10.6 Å². The summed E-state index contributed by atoms with van der Waals surface area (Å²) in [5.41, 5.74) is 3.78. The monoisotopic (exact) mass is 483 g/mol. The number of amides is 1. The van der Waals surface area contributed by atoms with Gasteiger partial charge in [-0.3, -0.25) is 9.48 Å². The summed E-state index contributed by atoms with van der Waals surface area (Å²) in [5, 5.41) is 18.1. The topological polar surface area (TPSA) is 89.7 Å². The third-order valence-electron chi connectivity index (χ3n) is 5.68. The summed E-state index contributed by atoms with van der Waals surface area (Å²) in [5.74, 6) is -0.538. The number of benzene rings is 2. The summed E-state index contributed by atoms with van der Waals surface area (Å²) in [7, 11) is 3.47. The van der Waals surface area contributed by atoms with E-state index in [4.69, 9.17) is 0 Å². The molecule has 2 aromatic carbocycles. The molecule has 11 heteroatoms. The summed E-state index contributed by atoms with van der Waals surface area (Å²) >= 11 is 0. The van der Waals surface area contributed by atoms with Crippen LogP contribution in [0.3, 0.4) is 0 Å². The summed E-state index contributed by atoms with van der Waals surface area (Å²) in [4.78, 5) is 12.9. The molecule has 0 atom stereocenters. The fraction of sp³-hybridized carbons (Fsp3) is 0.250.